The van der Waals surface area contributed by atoms with Crippen molar-refractivity contribution in [1.29, 1.82) is 0 Å². The van der Waals surface area contributed by atoms with Gasteiger partial charge in [0.15, 0.2) is 6.29 Å². The van der Waals surface area contributed by atoms with Gasteiger partial charge in [0.05, 0.1) is 30.0 Å². The summed E-state index contributed by atoms with van der Waals surface area (Å²) in [6.07, 6.45) is 2.24. The quantitative estimate of drug-likeness (QED) is 0.774. The van der Waals surface area contributed by atoms with Crippen molar-refractivity contribution in [3.63, 3.8) is 0 Å². The predicted octanol–water partition coefficient (Wildman–Crippen LogP) is 0.656. The van der Waals surface area contributed by atoms with E-state index >= 15 is 0 Å². The molecule has 3 heterocycles. The van der Waals surface area contributed by atoms with Gasteiger partial charge in [0.1, 0.15) is 5.52 Å². The van der Waals surface area contributed by atoms with Gasteiger partial charge in [-0.15, -0.1) is 0 Å². The molecule has 1 aliphatic heterocycles. The van der Waals surface area contributed by atoms with Gasteiger partial charge < -0.3 is 14.4 Å². The fourth-order valence-electron chi connectivity index (χ4n) is 2.34. The summed E-state index contributed by atoms with van der Waals surface area (Å²) >= 11 is 0. The number of carbonyl (C=O) groups is 1. The smallest absolute Gasteiger partial charge is 0.218 e. The highest BCUT2D eigenvalue weighted by molar-refractivity contribution is 5.85. The third-order valence-electron chi connectivity index (χ3n) is 3.21. The summed E-state index contributed by atoms with van der Waals surface area (Å²) in [6.45, 7) is 3.44. The fourth-order valence-corrected chi connectivity index (χ4v) is 2.34. The highest BCUT2D eigenvalue weighted by Gasteiger charge is 2.20. The second kappa shape index (κ2) is 5.94. The monoisotopic (exact) mass is 276 g/mol. The first kappa shape index (κ1) is 14.4. The van der Waals surface area contributed by atoms with Gasteiger partial charge in [0.25, 0.3) is 0 Å². The summed E-state index contributed by atoms with van der Waals surface area (Å²) < 4.78 is 7.30. The van der Waals surface area contributed by atoms with Crippen LogP contribution in [0.2, 0.25) is 0 Å². The topological polar surface area (TPSA) is 81.4 Å². The van der Waals surface area contributed by atoms with Gasteiger partial charge in [-0.2, -0.15) is 0 Å². The van der Waals surface area contributed by atoms with Crippen LogP contribution in [0.3, 0.4) is 0 Å². The van der Waals surface area contributed by atoms with Gasteiger partial charge in [-0.05, 0) is 18.6 Å². The summed E-state index contributed by atoms with van der Waals surface area (Å²) in [5.74, 6) is 0. The van der Waals surface area contributed by atoms with Crippen molar-refractivity contribution in [3.8, 4) is 0 Å². The van der Waals surface area contributed by atoms with E-state index < -0.39 is 0 Å². The number of fused-ring (bicyclic) bond motifs is 3. The molecule has 2 aromatic heterocycles. The molecule has 0 unspecified atom stereocenters. The number of aromatic nitrogens is 2. The molecule has 0 atom stereocenters. The number of nitrogens with zero attached hydrogens (tertiary/aromatic N) is 2. The van der Waals surface area contributed by atoms with E-state index in [1.165, 1.54) is 0 Å². The largest absolute Gasteiger partial charge is 0.400 e. The molecule has 106 valence electrons. The zero-order valence-electron chi connectivity index (χ0n) is 11.4. The van der Waals surface area contributed by atoms with Crippen molar-refractivity contribution >= 4 is 17.3 Å². The number of hydrogen-bond donors (Lipinski definition) is 1. The van der Waals surface area contributed by atoms with Crippen LogP contribution in [0, 0.1) is 6.92 Å². The maximum absolute atomic E-state index is 12.2. The lowest BCUT2D eigenvalue weighted by atomic mass is 10.1. The molecule has 0 amide bonds. The number of aliphatic hydroxyl groups excluding tert-OH is 1. The van der Waals surface area contributed by atoms with E-state index in [-0.39, 0.29) is 11.0 Å². The Bertz CT molecular complexity index is 706. The molecule has 0 saturated carbocycles. The first-order valence-corrected chi connectivity index (χ1v) is 6.22. The normalized spacial score (nSPS) is 13.3. The number of aryl methyl sites for hydroxylation is 1. The van der Waals surface area contributed by atoms with Crippen molar-refractivity contribution in [2.75, 3.05) is 13.7 Å². The van der Waals surface area contributed by atoms with Crippen molar-refractivity contribution in [2.24, 2.45) is 0 Å². The summed E-state index contributed by atoms with van der Waals surface area (Å²) in [4.78, 5) is 27.5. The molecular formula is C14H16N2O4. The summed E-state index contributed by atoms with van der Waals surface area (Å²) in [5.41, 5.74) is 2.63. The first-order valence-electron chi connectivity index (χ1n) is 6.22. The van der Waals surface area contributed by atoms with Crippen LogP contribution >= 0.6 is 0 Å². The lowest BCUT2D eigenvalue weighted by Gasteiger charge is -2.22. The van der Waals surface area contributed by atoms with Crippen LogP contribution in [-0.4, -0.2) is 34.7 Å². The Kier molecular flexibility index (Phi) is 4.26. The van der Waals surface area contributed by atoms with Gasteiger partial charge >= 0.3 is 0 Å². The summed E-state index contributed by atoms with van der Waals surface area (Å²) in [7, 11) is 1.00. The molecule has 0 radical (unpaired) electrons. The zero-order chi connectivity index (χ0) is 14.7. The number of carbonyl (C=O) groups excluding carboxylic acids is 1. The fraction of sp³-hybridized carbons (Fsp3) is 0.357. The summed E-state index contributed by atoms with van der Waals surface area (Å²) in [6, 6.07) is 1.92. The molecule has 0 saturated heterocycles. The number of pyridine rings is 2. The predicted molar refractivity (Wildman–Crippen MR) is 73.9 cm³/mol. The van der Waals surface area contributed by atoms with E-state index in [2.05, 4.69) is 4.98 Å². The van der Waals surface area contributed by atoms with Crippen molar-refractivity contribution < 1.29 is 14.6 Å². The Balaban J connectivity index is 0.000000704. The molecule has 20 heavy (non-hydrogen) atoms. The van der Waals surface area contributed by atoms with Crippen LogP contribution in [0.4, 0.5) is 0 Å². The number of ether oxygens (including phenoxy) is 1. The van der Waals surface area contributed by atoms with E-state index in [4.69, 9.17) is 9.84 Å². The molecule has 2 aromatic rings. The number of aliphatic hydroxyl groups is 1. The Morgan fingerprint density at radius 3 is 2.90 bits per heavy atom. The zero-order valence-corrected chi connectivity index (χ0v) is 11.4. The average molecular weight is 276 g/mol. The van der Waals surface area contributed by atoms with Crippen molar-refractivity contribution in [1.82, 2.24) is 9.55 Å². The van der Waals surface area contributed by atoms with Crippen LogP contribution in [0.15, 0.2) is 17.1 Å². The molecule has 0 bridgehead atoms. The molecule has 1 aliphatic rings. The second-order valence-corrected chi connectivity index (χ2v) is 4.39. The maximum Gasteiger partial charge on any atom is 0.218 e. The maximum atomic E-state index is 12.2. The molecule has 0 spiro atoms. The number of aldehydes is 1. The minimum Gasteiger partial charge on any atom is -0.400 e. The highest BCUT2D eigenvalue weighted by Crippen LogP contribution is 2.19. The van der Waals surface area contributed by atoms with Gasteiger partial charge in [0, 0.05) is 19.9 Å². The van der Waals surface area contributed by atoms with Crippen LogP contribution in [0.1, 0.15) is 21.6 Å². The SMILES string of the molecule is CO.Cc1cnc2c(=O)c(C=O)c3n(c2c1)CCOC3. The van der Waals surface area contributed by atoms with E-state index in [0.717, 1.165) is 18.2 Å². The lowest BCUT2D eigenvalue weighted by Crippen LogP contribution is -2.27. The number of rotatable bonds is 1. The Hall–Kier alpha value is -2.05. The molecule has 3 rings (SSSR count). The van der Waals surface area contributed by atoms with E-state index in [9.17, 15) is 9.59 Å². The highest BCUT2D eigenvalue weighted by atomic mass is 16.5. The molecule has 0 fully saturated rings. The third-order valence-corrected chi connectivity index (χ3v) is 3.21. The van der Waals surface area contributed by atoms with Crippen molar-refractivity contribution in [2.45, 2.75) is 20.1 Å². The minimum absolute atomic E-state index is 0.165. The molecule has 1 N–H and O–H groups in total. The van der Waals surface area contributed by atoms with Crippen LogP contribution in [-0.2, 0) is 17.9 Å². The number of hydrogen-bond acceptors (Lipinski definition) is 5. The molecule has 6 heteroatoms. The minimum atomic E-state index is -0.309. The van der Waals surface area contributed by atoms with Gasteiger partial charge in [-0.3, -0.25) is 14.6 Å². The summed E-state index contributed by atoms with van der Waals surface area (Å²) in [5, 5.41) is 7.00. The second-order valence-electron chi connectivity index (χ2n) is 4.39. The Morgan fingerprint density at radius 1 is 1.45 bits per heavy atom. The van der Waals surface area contributed by atoms with E-state index in [0.29, 0.717) is 37.3 Å². The van der Waals surface area contributed by atoms with Crippen molar-refractivity contribution in [3.05, 3.63) is 39.3 Å². The van der Waals surface area contributed by atoms with Gasteiger partial charge in [-0.25, -0.2) is 0 Å². The Morgan fingerprint density at radius 2 is 2.20 bits per heavy atom. The van der Waals surface area contributed by atoms with Crippen LogP contribution < -0.4 is 5.43 Å². The standard InChI is InChI=1S/C13H12N2O3.CH4O/c1-8-4-10-12(14-5-8)13(17)9(6-16)11-7-18-3-2-15(10)11;1-2/h4-6H,2-3,7H2,1H3;2H,1H3. The molecular weight excluding hydrogens is 260 g/mol. The van der Waals surface area contributed by atoms with Crippen LogP contribution in [0.5, 0.6) is 0 Å². The molecule has 0 aliphatic carbocycles. The van der Waals surface area contributed by atoms with Crippen LogP contribution in [0.25, 0.3) is 11.0 Å². The third kappa shape index (κ3) is 2.23. The first-order chi connectivity index (χ1) is 9.72. The van der Waals surface area contributed by atoms with Gasteiger partial charge in [-0.1, -0.05) is 0 Å². The van der Waals surface area contributed by atoms with Gasteiger partial charge in [0.2, 0.25) is 5.43 Å². The van der Waals surface area contributed by atoms with E-state index in [1.54, 1.807) is 6.20 Å². The van der Waals surface area contributed by atoms with E-state index in [1.807, 2.05) is 17.6 Å². The molecule has 0 aromatic carbocycles. The Labute approximate surface area is 115 Å². The average Bonchev–Trinajstić information content (AvgIpc) is 2.50. The lowest BCUT2D eigenvalue weighted by molar-refractivity contribution is 0.0837. The molecule has 6 nitrogen and oxygen atoms in total.